The van der Waals surface area contributed by atoms with E-state index in [0.717, 1.165) is 17.4 Å². The number of hydrogen-bond acceptors (Lipinski definition) is 1. The van der Waals surface area contributed by atoms with E-state index in [1.54, 1.807) is 24.3 Å². The minimum Gasteiger partial charge on any atom is -0.298 e. The van der Waals surface area contributed by atoms with Crippen LogP contribution in [0.25, 0.3) is 5.57 Å². The Morgan fingerprint density at radius 3 is 1.45 bits per heavy atom. The van der Waals surface area contributed by atoms with Crippen LogP contribution in [0.3, 0.4) is 0 Å². The van der Waals surface area contributed by atoms with E-state index in [1.807, 2.05) is 20.8 Å². The van der Waals surface area contributed by atoms with Gasteiger partial charge in [0, 0.05) is 5.57 Å². The minimum absolute atomic E-state index is 0.342. The van der Waals surface area contributed by atoms with Crippen LogP contribution < -0.4 is 0 Å². The fourth-order valence-electron chi connectivity index (χ4n) is 2.32. The number of benzene rings is 2. The van der Waals surface area contributed by atoms with Gasteiger partial charge in [0.2, 0.25) is 0 Å². The van der Waals surface area contributed by atoms with E-state index in [9.17, 15) is 13.6 Å². The molecule has 0 saturated heterocycles. The van der Waals surface area contributed by atoms with Crippen molar-refractivity contribution >= 4 is 11.9 Å². The second-order valence-corrected chi connectivity index (χ2v) is 6.17. The first-order valence-corrected chi connectivity index (χ1v) is 7.05. The lowest BCUT2D eigenvalue weighted by Gasteiger charge is -2.23. The molecule has 0 aliphatic heterocycles. The van der Waals surface area contributed by atoms with Crippen LogP contribution in [-0.4, -0.2) is 6.29 Å². The zero-order valence-electron chi connectivity index (χ0n) is 12.9. The summed E-state index contributed by atoms with van der Waals surface area (Å²) < 4.78 is 26.4. The zero-order valence-corrected chi connectivity index (χ0v) is 12.9. The molecular formula is C19H18F2O. The van der Waals surface area contributed by atoms with Gasteiger partial charge in [-0.1, -0.05) is 45.0 Å². The fourth-order valence-corrected chi connectivity index (χ4v) is 2.32. The molecule has 0 N–H and O–H groups in total. The molecule has 22 heavy (non-hydrogen) atoms. The van der Waals surface area contributed by atoms with Crippen LogP contribution in [0.15, 0.2) is 54.1 Å². The number of allylic oxidation sites excluding steroid dienone is 1. The number of rotatable bonds is 3. The summed E-state index contributed by atoms with van der Waals surface area (Å²) in [4.78, 5) is 11.7. The van der Waals surface area contributed by atoms with E-state index in [4.69, 9.17) is 0 Å². The predicted molar refractivity (Wildman–Crippen MR) is 84.3 cm³/mol. The lowest BCUT2D eigenvalue weighted by atomic mass is 9.80. The topological polar surface area (TPSA) is 17.1 Å². The molecule has 0 aliphatic carbocycles. The van der Waals surface area contributed by atoms with E-state index < -0.39 is 0 Å². The smallest absolute Gasteiger partial charge is 0.147 e. The molecule has 0 amide bonds. The van der Waals surface area contributed by atoms with Crippen LogP contribution in [-0.2, 0) is 4.79 Å². The summed E-state index contributed by atoms with van der Waals surface area (Å²) >= 11 is 0. The van der Waals surface area contributed by atoms with Gasteiger partial charge < -0.3 is 0 Å². The maximum atomic E-state index is 13.2. The van der Waals surface area contributed by atoms with Gasteiger partial charge in [-0.25, -0.2) is 8.78 Å². The summed E-state index contributed by atoms with van der Waals surface area (Å²) in [5, 5.41) is 0. The minimum atomic E-state index is -0.389. The van der Waals surface area contributed by atoms with Gasteiger partial charge in [0.25, 0.3) is 0 Å². The molecule has 0 spiro atoms. The SMILES string of the molecule is CC(C)(C)C(C=O)=C(c1ccc(F)cc1)c1ccc(F)cc1. The van der Waals surface area contributed by atoms with Gasteiger partial charge >= 0.3 is 0 Å². The summed E-state index contributed by atoms with van der Waals surface area (Å²) in [5.74, 6) is -0.684. The Morgan fingerprint density at radius 1 is 0.818 bits per heavy atom. The van der Waals surface area contributed by atoms with Crippen LogP contribution in [0.4, 0.5) is 8.78 Å². The highest BCUT2D eigenvalue weighted by atomic mass is 19.1. The molecule has 3 heteroatoms. The van der Waals surface area contributed by atoms with Gasteiger partial charge in [-0.15, -0.1) is 0 Å². The maximum Gasteiger partial charge on any atom is 0.147 e. The maximum absolute atomic E-state index is 13.2. The van der Waals surface area contributed by atoms with Gasteiger partial charge in [0.15, 0.2) is 0 Å². The molecule has 0 radical (unpaired) electrons. The zero-order chi connectivity index (χ0) is 16.3. The molecule has 0 bridgehead atoms. The summed E-state index contributed by atoms with van der Waals surface area (Å²) in [6.45, 7) is 5.80. The third kappa shape index (κ3) is 3.48. The number of aldehydes is 1. The Bertz CT molecular complexity index is 642. The first kappa shape index (κ1) is 16.1. The molecule has 0 aliphatic rings. The van der Waals surface area contributed by atoms with Crippen molar-refractivity contribution in [3.05, 3.63) is 76.9 Å². The molecular weight excluding hydrogens is 282 g/mol. The summed E-state index contributed by atoms with van der Waals surface area (Å²) in [7, 11) is 0. The van der Waals surface area contributed by atoms with Crippen LogP contribution >= 0.6 is 0 Å². The van der Waals surface area contributed by atoms with Crippen molar-refractivity contribution in [1.82, 2.24) is 0 Å². The first-order valence-electron chi connectivity index (χ1n) is 7.05. The average Bonchev–Trinajstić information content (AvgIpc) is 2.46. The van der Waals surface area contributed by atoms with Crippen LogP contribution in [0.2, 0.25) is 0 Å². The number of carbonyl (C=O) groups is 1. The molecule has 0 saturated carbocycles. The highest BCUT2D eigenvalue weighted by Gasteiger charge is 2.23. The highest BCUT2D eigenvalue weighted by Crippen LogP contribution is 2.35. The lowest BCUT2D eigenvalue weighted by Crippen LogP contribution is -2.13. The Morgan fingerprint density at radius 2 is 1.18 bits per heavy atom. The van der Waals surface area contributed by atoms with Gasteiger partial charge in [0.05, 0.1) is 0 Å². The van der Waals surface area contributed by atoms with E-state index in [1.165, 1.54) is 24.3 Å². The molecule has 1 nitrogen and oxygen atoms in total. The third-order valence-electron chi connectivity index (χ3n) is 3.46. The van der Waals surface area contributed by atoms with E-state index >= 15 is 0 Å². The molecule has 114 valence electrons. The molecule has 0 atom stereocenters. The van der Waals surface area contributed by atoms with Gasteiger partial charge in [-0.05, 0) is 46.4 Å². The lowest BCUT2D eigenvalue weighted by molar-refractivity contribution is -0.105. The van der Waals surface area contributed by atoms with E-state index in [-0.39, 0.29) is 17.0 Å². The normalized spacial score (nSPS) is 11.1. The standard InChI is InChI=1S/C19H18F2O/c1-19(2,3)17(12-22)18(13-4-8-15(20)9-5-13)14-6-10-16(21)11-7-14/h4-12H,1-3H3. The van der Waals surface area contributed by atoms with Crippen molar-refractivity contribution in [3.8, 4) is 0 Å². The third-order valence-corrected chi connectivity index (χ3v) is 3.46. The number of halogens is 2. The fraction of sp³-hybridized carbons (Fsp3) is 0.211. The van der Waals surface area contributed by atoms with Crippen molar-refractivity contribution in [2.75, 3.05) is 0 Å². The van der Waals surface area contributed by atoms with Crippen molar-refractivity contribution < 1.29 is 13.6 Å². The molecule has 0 fully saturated rings. The first-order chi connectivity index (χ1) is 10.3. The molecule has 0 heterocycles. The largest absolute Gasteiger partial charge is 0.298 e. The van der Waals surface area contributed by atoms with Crippen molar-refractivity contribution in [2.24, 2.45) is 5.41 Å². The Labute approximate surface area is 129 Å². The van der Waals surface area contributed by atoms with Crippen LogP contribution in [0.1, 0.15) is 31.9 Å². The van der Waals surface area contributed by atoms with E-state index in [0.29, 0.717) is 11.1 Å². The van der Waals surface area contributed by atoms with Crippen molar-refractivity contribution in [2.45, 2.75) is 20.8 Å². The highest BCUT2D eigenvalue weighted by molar-refractivity contribution is 5.95. The van der Waals surface area contributed by atoms with Crippen molar-refractivity contribution in [1.29, 1.82) is 0 Å². The number of carbonyl (C=O) groups excluding carboxylic acids is 1. The Balaban J connectivity index is 2.74. The molecule has 0 unspecified atom stereocenters. The number of hydrogen-bond donors (Lipinski definition) is 0. The Kier molecular flexibility index (Phi) is 4.55. The second kappa shape index (κ2) is 6.22. The average molecular weight is 300 g/mol. The van der Waals surface area contributed by atoms with E-state index in [2.05, 4.69) is 0 Å². The van der Waals surface area contributed by atoms with Crippen molar-refractivity contribution in [3.63, 3.8) is 0 Å². The monoisotopic (exact) mass is 300 g/mol. The molecule has 2 aromatic rings. The van der Waals surface area contributed by atoms with Crippen LogP contribution in [0.5, 0.6) is 0 Å². The second-order valence-electron chi connectivity index (χ2n) is 6.17. The summed E-state index contributed by atoms with van der Waals surface area (Å²) in [5.41, 5.74) is 2.35. The molecule has 0 aromatic heterocycles. The summed E-state index contributed by atoms with van der Waals surface area (Å²) in [6, 6.07) is 11.9. The van der Waals surface area contributed by atoms with Gasteiger partial charge in [-0.3, -0.25) is 4.79 Å². The Hall–Kier alpha value is -2.29. The van der Waals surface area contributed by atoms with Gasteiger partial charge in [0.1, 0.15) is 17.9 Å². The summed E-state index contributed by atoms with van der Waals surface area (Å²) in [6.07, 6.45) is 0.821. The predicted octanol–water partition coefficient (Wildman–Crippen LogP) is 5.01. The van der Waals surface area contributed by atoms with Crippen LogP contribution in [0, 0.1) is 17.0 Å². The quantitative estimate of drug-likeness (QED) is 0.575. The van der Waals surface area contributed by atoms with Gasteiger partial charge in [-0.2, -0.15) is 0 Å². The molecule has 2 aromatic carbocycles. The molecule has 2 rings (SSSR count).